The summed E-state index contributed by atoms with van der Waals surface area (Å²) < 4.78 is 93.7. The average molecular weight is 1050 g/mol. The second kappa shape index (κ2) is 19.5. The molecule has 2 amide bonds. The molecule has 0 bridgehead atoms. The first kappa shape index (κ1) is 51.7. The first-order valence-electron chi connectivity index (χ1n) is 26.2. The van der Waals surface area contributed by atoms with Crippen molar-refractivity contribution in [1.82, 2.24) is 39.3 Å². The average Bonchev–Trinajstić information content (AvgIpc) is 4.31. The Morgan fingerprint density at radius 3 is 1.75 bits per heavy atom. The highest BCUT2D eigenvalue weighted by Gasteiger charge is 2.46. The molecule has 400 valence electrons. The first-order chi connectivity index (χ1) is 36.2. The van der Waals surface area contributed by atoms with Crippen LogP contribution < -0.4 is 9.80 Å². The van der Waals surface area contributed by atoms with Gasteiger partial charge in [-0.2, -0.15) is 13.2 Å². The van der Waals surface area contributed by atoms with Gasteiger partial charge in [-0.25, -0.2) is 13.2 Å². The van der Waals surface area contributed by atoms with Crippen molar-refractivity contribution in [2.75, 3.05) is 49.2 Å². The molecule has 4 aromatic carbocycles. The number of carbonyl (C=O) groups is 2. The van der Waals surface area contributed by atoms with Crippen LogP contribution in [-0.4, -0.2) is 103 Å². The van der Waals surface area contributed by atoms with E-state index in [1.807, 2.05) is 83.3 Å². The number of carbonyl (C=O) groups excluding carboxylic acids is 2. The number of rotatable bonds is 12. The van der Waals surface area contributed by atoms with Crippen molar-refractivity contribution < 1.29 is 40.7 Å². The Morgan fingerprint density at radius 2 is 1.26 bits per heavy atom. The van der Waals surface area contributed by atoms with Gasteiger partial charge in [0.05, 0.1) is 38.4 Å². The molecule has 1 unspecified atom stereocenters. The quantitative estimate of drug-likeness (QED) is 0.110. The van der Waals surface area contributed by atoms with Crippen molar-refractivity contribution in [2.24, 2.45) is 14.1 Å². The smallest absolute Gasteiger partial charge is 0.379 e. The third-order valence-electron chi connectivity index (χ3n) is 17.3. The van der Waals surface area contributed by atoms with Crippen LogP contribution in [0, 0.1) is 6.92 Å². The third kappa shape index (κ3) is 9.49. The van der Waals surface area contributed by atoms with Gasteiger partial charge in [-0.3, -0.25) is 19.4 Å². The Hall–Kier alpha value is -6.44. The van der Waals surface area contributed by atoms with Crippen molar-refractivity contribution in [2.45, 2.75) is 120 Å². The molecule has 0 N–H and O–H groups in total. The lowest BCUT2D eigenvalue weighted by Gasteiger charge is -2.42. The lowest BCUT2D eigenvalue weighted by molar-refractivity contribution is -0.138. The summed E-state index contributed by atoms with van der Waals surface area (Å²) in [5.41, 5.74) is 6.51. The minimum Gasteiger partial charge on any atom is -0.379 e. The molecule has 6 aromatic rings. The Balaban J connectivity index is 0.000000162. The molecule has 5 aliphatic heterocycles. The number of hydrogen-bond acceptors (Lipinski definition) is 9. The van der Waals surface area contributed by atoms with Crippen molar-refractivity contribution in [3.63, 3.8) is 0 Å². The Morgan fingerprint density at radius 1 is 0.711 bits per heavy atom. The van der Waals surface area contributed by atoms with Gasteiger partial charge in [0.15, 0.2) is 0 Å². The molecule has 1 saturated carbocycles. The molecule has 1 aliphatic carbocycles. The Labute approximate surface area is 437 Å². The molecule has 4 fully saturated rings. The molecule has 3 atom stereocenters. The molecule has 13 nitrogen and oxygen atoms in total. The summed E-state index contributed by atoms with van der Waals surface area (Å²) in [7, 11) is 3.84. The molecule has 0 spiro atoms. The van der Waals surface area contributed by atoms with Gasteiger partial charge in [0, 0.05) is 98.4 Å². The number of anilines is 2. The molecular formula is C57H62F6N10O3. The van der Waals surface area contributed by atoms with Crippen LogP contribution in [0.15, 0.2) is 85.5 Å². The number of alkyl halides is 6. The van der Waals surface area contributed by atoms with Gasteiger partial charge in [0.2, 0.25) is 0 Å². The van der Waals surface area contributed by atoms with E-state index in [0.717, 1.165) is 70.5 Å². The third-order valence-corrected chi connectivity index (χ3v) is 17.3. The van der Waals surface area contributed by atoms with Gasteiger partial charge in [-0.15, -0.1) is 20.4 Å². The molecule has 76 heavy (non-hydrogen) atoms. The van der Waals surface area contributed by atoms with Crippen LogP contribution in [0.1, 0.15) is 135 Å². The molecular weight excluding hydrogens is 987 g/mol. The fourth-order valence-electron chi connectivity index (χ4n) is 12.3. The number of aromatic nitrogens is 6. The lowest BCUT2D eigenvalue weighted by Crippen LogP contribution is -2.49. The number of nitrogens with zero attached hydrogens (tertiary/aromatic N) is 10. The maximum absolute atomic E-state index is 14.3. The number of halogens is 6. The number of benzene rings is 4. The van der Waals surface area contributed by atoms with Crippen LogP contribution in [0.2, 0.25) is 0 Å². The fourth-order valence-corrected chi connectivity index (χ4v) is 12.3. The molecule has 0 radical (unpaired) electrons. The van der Waals surface area contributed by atoms with Crippen molar-refractivity contribution in [1.29, 1.82) is 0 Å². The summed E-state index contributed by atoms with van der Waals surface area (Å²) in [6.07, 6.45) is 2.44. The van der Waals surface area contributed by atoms with Crippen LogP contribution in [-0.2, 0) is 61.8 Å². The van der Waals surface area contributed by atoms with Gasteiger partial charge >= 0.3 is 6.18 Å². The molecule has 3 saturated heterocycles. The lowest BCUT2D eigenvalue weighted by atomic mass is 9.62. The van der Waals surface area contributed by atoms with Gasteiger partial charge in [-0.1, -0.05) is 36.8 Å². The van der Waals surface area contributed by atoms with E-state index in [0.29, 0.717) is 68.9 Å². The molecule has 7 heterocycles. The van der Waals surface area contributed by atoms with E-state index in [1.54, 1.807) is 36.6 Å². The zero-order chi connectivity index (χ0) is 53.5. The van der Waals surface area contributed by atoms with E-state index >= 15 is 0 Å². The predicted octanol–water partition coefficient (Wildman–Crippen LogP) is 9.96. The second-order valence-corrected chi connectivity index (χ2v) is 22.1. The fraction of sp³-hybridized carbons (Fsp3) is 0.474. The second-order valence-electron chi connectivity index (χ2n) is 22.1. The summed E-state index contributed by atoms with van der Waals surface area (Å²) in [6.45, 7) is 8.03. The van der Waals surface area contributed by atoms with Crippen molar-refractivity contribution in [3.05, 3.63) is 153 Å². The SMILES string of the molecule is C[C@H](c1cc2c(c(C(F)(F)F)c1)CN(c1cccc(C3(Cc4nncn4C)CCC3)c1)C2=O)N1CC[C@H](F)C1.Cc1cc(C(C)N2CCC(F)(F)C2)cc2c1CN(c1cccc(C3(Cc4nncn4C)COC3)c1)C2=O. The zero-order valence-corrected chi connectivity index (χ0v) is 43.4. The summed E-state index contributed by atoms with van der Waals surface area (Å²) in [5.74, 6) is -1.37. The highest BCUT2D eigenvalue weighted by molar-refractivity contribution is 6.11. The number of hydrogen-bond donors (Lipinski definition) is 0. The van der Waals surface area contributed by atoms with Crippen molar-refractivity contribution >= 4 is 23.2 Å². The van der Waals surface area contributed by atoms with E-state index in [1.165, 1.54) is 4.90 Å². The van der Waals surface area contributed by atoms with Crippen LogP contribution >= 0.6 is 0 Å². The zero-order valence-electron chi connectivity index (χ0n) is 43.4. The Bertz CT molecular complexity index is 3200. The molecule has 2 aromatic heterocycles. The number of amides is 2. The largest absolute Gasteiger partial charge is 0.416 e. The Kier molecular flexibility index (Phi) is 13.3. The van der Waals surface area contributed by atoms with E-state index < -0.39 is 35.8 Å². The molecule has 19 heteroatoms. The highest BCUT2D eigenvalue weighted by atomic mass is 19.4. The van der Waals surface area contributed by atoms with Gasteiger partial charge < -0.3 is 23.7 Å². The van der Waals surface area contributed by atoms with Crippen LogP contribution in [0.25, 0.3) is 0 Å². The van der Waals surface area contributed by atoms with E-state index in [-0.39, 0.29) is 60.0 Å². The summed E-state index contributed by atoms with van der Waals surface area (Å²) in [6, 6.07) is 21.8. The van der Waals surface area contributed by atoms with E-state index in [9.17, 15) is 35.9 Å². The highest BCUT2D eigenvalue weighted by Crippen LogP contribution is 2.48. The van der Waals surface area contributed by atoms with Crippen LogP contribution in [0.5, 0.6) is 0 Å². The van der Waals surface area contributed by atoms with Crippen LogP contribution in [0.4, 0.5) is 37.7 Å². The summed E-state index contributed by atoms with van der Waals surface area (Å²) in [5, 5.41) is 16.5. The summed E-state index contributed by atoms with van der Waals surface area (Å²) in [4.78, 5) is 34.2. The maximum atomic E-state index is 14.3. The summed E-state index contributed by atoms with van der Waals surface area (Å²) >= 11 is 0. The topological polar surface area (TPSA) is 118 Å². The minimum atomic E-state index is -4.61. The molecule has 12 rings (SSSR count). The van der Waals surface area contributed by atoms with Gasteiger partial charge in [0.25, 0.3) is 17.7 Å². The standard InChI is InChI=1S/C29H31F4N5O.C28H31F2N5O2/c1-18(37-10-7-21(30)15-37)19-11-23-24(25(12-19)29(31,32)33)16-38(27(23)39)22-6-3-5-20(13-22)28(8-4-9-28)14-26-35-34-17-36(26)2;1-18-9-20(19(2)34-8-7-28(29,30)14-34)10-23-24(18)13-35(26(23)36)22-6-4-5-21(11-22)27(15-37-16-27)12-25-32-31-17-33(25)3/h3,5-6,11-13,17-18,21H,4,7-10,14-16H2,1-2H3;4-6,9-11,17,19H,7-8,12-16H2,1-3H3/t18-,21+;/m1./s1. The monoisotopic (exact) mass is 1050 g/mol. The normalized spacial score (nSPS) is 21.5. The van der Waals surface area contributed by atoms with Gasteiger partial charge in [0.1, 0.15) is 30.5 Å². The number of fused-ring (bicyclic) bond motifs is 2. The number of aryl methyl sites for hydroxylation is 3. The molecule has 6 aliphatic rings. The number of likely N-dealkylation sites (tertiary alicyclic amines) is 2. The van der Waals surface area contributed by atoms with Crippen molar-refractivity contribution in [3.8, 4) is 0 Å². The van der Waals surface area contributed by atoms with E-state index in [2.05, 4.69) is 38.6 Å². The number of ether oxygens (including phenoxy) is 1. The minimum absolute atomic E-state index is 0.00362. The maximum Gasteiger partial charge on any atom is 0.416 e. The van der Waals surface area contributed by atoms with E-state index in [4.69, 9.17) is 4.74 Å². The first-order valence-corrected chi connectivity index (χ1v) is 26.2. The van der Waals surface area contributed by atoms with Gasteiger partial charge in [-0.05, 0) is 121 Å². The van der Waals surface area contributed by atoms with Crippen LogP contribution in [0.3, 0.4) is 0 Å². The predicted molar refractivity (Wildman–Crippen MR) is 273 cm³/mol.